The van der Waals surface area contributed by atoms with E-state index in [4.69, 9.17) is 0 Å². The summed E-state index contributed by atoms with van der Waals surface area (Å²) in [5.74, 6) is 0.550. The smallest absolute Gasteiger partial charge is 0.272 e. The van der Waals surface area contributed by atoms with Crippen molar-refractivity contribution in [2.45, 2.75) is 18.9 Å². The maximum Gasteiger partial charge on any atom is 0.272 e. The molecule has 1 aromatic carbocycles. The van der Waals surface area contributed by atoms with Gasteiger partial charge in [0, 0.05) is 22.4 Å². The van der Waals surface area contributed by atoms with E-state index in [0.29, 0.717) is 11.6 Å². The molecule has 4 heterocycles. The van der Waals surface area contributed by atoms with Crippen molar-refractivity contribution in [1.82, 2.24) is 20.4 Å². The van der Waals surface area contributed by atoms with Gasteiger partial charge in [-0.15, -0.1) is 0 Å². The Morgan fingerprint density at radius 3 is 2.90 bits per heavy atom. The molecule has 0 radical (unpaired) electrons. The second kappa shape index (κ2) is 5.10. The Balaban J connectivity index is 1.57. The highest BCUT2D eigenvalue weighted by atomic mass is 79.9. The molecule has 2 N–H and O–H groups in total. The molecule has 0 saturated carbocycles. The first kappa shape index (κ1) is 13.3. The van der Waals surface area contributed by atoms with Crippen LogP contribution in [0.5, 0.6) is 0 Å². The summed E-state index contributed by atoms with van der Waals surface area (Å²) in [7, 11) is 0. The van der Waals surface area contributed by atoms with Crippen LogP contribution >= 0.6 is 15.9 Å². The van der Waals surface area contributed by atoms with E-state index >= 15 is 0 Å². The predicted molar refractivity (Wildman–Crippen MR) is 84.2 cm³/mol. The number of hydrogen-bond acceptors (Lipinski definition) is 3. The molecular formula is C15H17BrN4O. The first-order chi connectivity index (χ1) is 10.2. The van der Waals surface area contributed by atoms with Gasteiger partial charge in [0.25, 0.3) is 5.91 Å². The Morgan fingerprint density at radius 2 is 2.19 bits per heavy atom. The highest BCUT2D eigenvalue weighted by Gasteiger charge is 2.35. The van der Waals surface area contributed by atoms with Gasteiger partial charge in [-0.25, -0.2) is 0 Å². The molecule has 1 aromatic heterocycles. The van der Waals surface area contributed by atoms with E-state index in [1.165, 1.54) is 25.9 Å². The molecule has 5 rings (SSSR count). The fourth-order valence-corrected chi connectivity index (χ4v) is 3.89. The largest absolute Gasteiger partial charge is 0.346 e. The fourth-order valence-electron chi connectivity index (χ4n) is 3.52. The minimum atomic E-state index is -0.0712. The second-order valence-electron chi connectivity index (χ2n) is 5.98. The number of piperidine rings is 3. The van der Waals surface area contributed by atoms with E-state index in [1.807, 2.05) is 18.2 Å². The number of hydrogen-bond donors (Lipinski definition) is 2. The van der Waals surface area contributed by atoms with Crippen molar-refractivity contribution in [1.29, 1.82) is 0 Å². The van der Waals surface area contributed by atoms with E-state index in [1.54, 1.807) is 0 Å². The van der Waals surface area contributed by atoms with Gasteiger partial charge in [0.15, 0.2) is 5.69 Å². The van der Waals surface area contributed by atoms with Crippen LogP contribution in [0.25, 0.3) is 10.9 Å². The maximum absolute atomic E-state index is 12.5. The lowest BCUT2D eigenvalue weighted by Gasteiger charge is -2.44. The number of halogens is 1. The van der Waals surface area contributed by atoms with Gasteiger partial charge in [0.1, 0.15) is 0 Å². The number of benzene rings is 1. The summed E-state index contributed by atoms with van der Waals surface area (Å²) in [6, 6.07) is 6.07. The summed E-state index contributed by atoms with van der Waals surface area (Å²) in [6.07, 6.45) is 2.38. The molecule has 2 aromatic rings. The molecule has 3 fully saturated rings. The van der Waals surface area contributed by atoms with Crippen LogP contribution in [0.2, 0.25) is 0 Å². The maximum atomic E-state index is 12.5. The zero-order chi connectivity index (χ0) is 14.4. The summed E-state index contributed by atoms with van der Waals surface area (Å²) in [6.45, 7) is 3.33. The number of H-pyrrole nitrogens is 1. The van der Waals surface area contributed by atoms with Crippen LogP contribution in [-0.4, -0.2) is 46.7 Å². The first-order valence-electron chi connectivity index (χ1n) is 7.37. The molecule has 1 atom stereocenters. The van der Waals surface area contributed by atoms with E-state index in [-0.39, 0.29) is 11.9 Å². The fraction of sp³-hybridized carbons (Fsp3) is 0.467. The number of nitrogens with one attached hydrogen (secondary N) is 2. The molecule has 0 aliphatic carbocycles. The zero-order valence-electron chi connectivity index (χ0n) is 11.6. The Morgan fingerprint density at radius 1 is 1.38 bits per heavy atom. The lowest BCUT2D eigenvalue weighted by atomic mass is 9.84. The number of nitrogens with zero attached hydrogens (tertiary/aromatic N) is 2. The van der Waals surface area contributed by atoms with Crippen molar-refractivity contribution in [2.24, 2.45) is 5.92 Å². The summed E-state index contributed by atoms with van der Waals surface area (Å²) in [4.78, 5) is 15.0. The van der Waals surface area contributed by atoms with E-state index in [9.17, 15) is 4.79 Å². The monoisotopic (exact) mass is 348 g/mol. The van der Waals surface area contributed by atoms with Gasteiger partial charge in [-0.2, -0.15) is 5.10 Å². The number of aromatic nitrogens is 2. The van der Waals surface area contributed by atoms with Crippen LogP contribution in [-0.2, 0) is 0 Å². The van der Waals surface area contributed by atoms with Crippen molar-refractivity contribution >= 4 is 32.7 Å². The molecule has 3 saturated heterocycles. The highest BCUT2D eigenvalue weighted by molar-refractivity contribution is 9.10. The third-order valence-corrected chi connectivity index (χ3v) is 5.21. The molecule has 3 aliphatic heterocycles. The number of amides is 1. The number of rotatable bonds is 2. The Kier molecular flexibility index (Phi) is 3.23. The van der Waals surface area contributed by atoms with Crippen molar-refractivity contribution in [3.8, 4) is 0 Å². The van der Waals surface area contributed by atoms with Gasteiger partial charge < -0.3 is 10.2 Å². The third kappa shape index (κ3) is 2.36. The van der Waals surface area contributed by atoms with Crippen molar-refractivity contribution in [3.63, 3.8) is 0 Å². The lowest BCUT2D eigenvalue weighted by Crippen LogP contribution is -2.57. The van der Waals surface area contributed by atoms with Crippen LogP contribution in [0.1, 0.15) is 23.3 Å². The molecule has 21 heavy (non-hydrogen) atoms. The van der Waals surface area contributed by atoms with Gasteiger partial charge in [0.05, 0.1) is 5.52 Å². The Bertz CT molecular complexity index is 690. The van der Waals surface area contributed by atoms with Crippen LogP contribution in [0.15, 0.2) is 22.7 Å². The number of carbonyl (C=O) groups excluding carboxylic acids is 1. The van der Waals surface area contributed by atoms with Crippen molar-refractivity contribution in [3.05, 3.63) is 28.4 Å². The van der Waals surface area contributed by atoms with Crippen LogP contribution in [0.3, 0.4) is 0 Å². The average Bonchev–Trinajstić information content (AvgIpc) is 2.91. The van der Waals surface area contributed by atoms with Crippen molar-refractivity contribution in [2.75, 3.05) is 19.6 Å². The molecule has 1 unspecified atom stereocenters. The standard InChI is InChI=1S/C15H17BrN4O/c16-10-1-2-12-11(7-10)14(19-18-12)15(21)17-13-8-20-5-3-9(13)4-6-20/h1-2,7,9,13H,3-6,8H2,(H,17,21)(H,18,19). The summed E-state index contributed by atoms with van der Waals surface area (Å²) < 4.78 is 0.952. The van der Waals surface area contributed by atoms with Crippen LogP contribution in [0.4, 0.5) is 0 Å². The molecule has 3 aliphatic rings. The first-order valence-corrected chi connectivity index (χ1v) is 8.17. The van der Waals surface area contributed by atoms with Crippen molar-refractivity contribution < 1.29 is 4.79 Å². The van der Waals surface area contributed by atoms with Gasteiger partial charge in [-0.3, -0.25) is 9.89 Å². The van der Waals surface area contributed by atoms with E-state index in [0.717, 1.165) is 21.9 Å². The molecule has 110 valence electrons. The Hall–Kier alpha value is -1.40. The lowest BCUT2D eigenvalue weighted by molar-refractivity contribution is 0.0618. The molecule has 0 spiro atoms. The molecule has 5 nitrogen and oxygen atoms in total. The second-order valence-corrected chi connectivity index (χ2v) is 6.90. The highest BCUT2D eigenvalue weighted by Crippen LogP contribution is 2.28. The summed E-state index contributed by atoms with van der Waals surface area (Å²) in [5, 5.41) is 11.2. The number of carbonyl (C=O) groups is 1. The summed E-state index contributed by atoms with van der Waals surface area (Å²) in [5.41, 5.74) is 1.38. The molecule has 1 amide bonds. The van der Waals surface area contributed by atoms with E-state index in [2.05, 4.69) is 36.3 Å². The predicted octanol–water partition coefficient (Wildman–Crippen LogP) is 2.15. The van der Waals surface area contributed by atoms with Gasteiger partial charge >= 0.3 is 0 Å². The van der Waals surface area contributed by atoms with Gasteiger partial charge in [-0.05, 0) is 50.0 Å². The summed E-state index contributed by atoms with van der Waals surface area (Å²) >= 11 is 3.45. The van der Waals surface area contributed by atoms with Crippen LogP contribution < -0.4 is 5.32 Å². The molecule has 2 bridgehead atoms. The number of fused-ring (bicyclic) bond motifs is 4. The molecule has 6 heteroatoms. The minimum absolute atomic E-state index is 0.0712. The SMILES string of the molecule is O=C(NC1CN2CCC1CC2)c1n[nH]c2ccc(Br)cc12. The van der Waals surface area contributed by atoms with Gasteiger partial charge in [-0.1, -0.05) is 15.9 Å². The minimum Gasteiger partial charge on any atom is -0.346 e. The average molecular weight is 349 g/mol. The quantitative estimate of drug-likeness (QED) is 0.874. The third-order valence-electron chi connectivity index (χ3n) is 4.71. The molecular weight excluding hydrogens is 332 g/mol. The zero-order valence-corrected chi connectivity index (χ0v) is 13.2. The van der Waals surface area contributed by atoms with Gasteiger partial charge in [0.2, 0.25) is 0 Å². The van der Waals surface area contributed by atoms with E-state index < -0.39 is 0 Å². The number of aromatic amines is 1. The van der Waals surface area contributed by atoms with Crippen LogP contribution in [0, 0.1) is 5.92 Å². The topological polar surface area (TPSA) is 61.0 Å². The normalized spacial score (nSPS) is 28.0. The Labute approximate surface area is 131 Å².